The Kier molecular flexibility index (Phi) is 6.78. The summed E-state index contributed by atoms with van der Waals surface area (Å²) >= 11 is 12.4. The Labute approximate surface area is 142 Å². The van der Waals surface area contributed by atoms with Crippen LogP contribution in [0.4, 0.5) is 0 Å². The van der Waals surface area contributed by atoms with Gasteiger partial charge in [0.15, 0.2) is 0 Å². The van der Waals surface area contributed by atoms with Gasteiger partial charge in [0.05, 0.1) is 25.3 Å². The van der Waals surface area contributed by atoms with Crippen LogP contribution < -0.4 is 4.74 Å². The van der Waals surface area contributed by atoms with Crippen LogP contribution in [-0.4, -0.2) is 63.9 Å². The molecule has 0 unspecified atom stereocenters. The minimum absolute atomic E-state index is 0.498. The molecule has 2 rings (SSSR count). The fraction of sp³-hybridized carbons (Fsp3) is 0.625. The zero-order chi connectivity index (χ0) is 16.1. The normalized spacial score (nSPS) is 20.2. The quantitative estimate of drug-likeness (QED) is 0.818. The molecule has 1 saturated heterocycles. The zero-order valence-corrected chi connectivity index (χ0v) is 15.0. The Balaban J connectivity index is 2.11. The van der Waals surface area contributed by atoms with Crippen molar-refractivity contribution in [2.75, 3.05) is 54.1 Å². The molecular weight excluding hydrogens is 323 g/mol. The molecule has 1 aromatic rings. The summed E-state index contributed by atoms with van der Waals surface area (Å²) < 4.78 is 11.2. The molecule has 4 nitrogen and oxygen atoms in total. The average Bonchev–Trinajstić information content (AvgIpc) is 2.62. The zero-order valence-electron chi connectivity index (χ0n) is 13.4. The Hall–Kier alpha value is -0.520. The van der Waals surface area contributed by atoms with E-state index in [4.69, 9.17) is 32.7 Å². The lowest BCUT2D eigenvalue weighted by molar-refractivity contribution is 0.112. The molecule has 0 aromatic heterocycles. The van der Waals surface area contributed by atoms with Gasteiger partial charge in [0.25, 0.3) is 0 Å². The van der Waals surface area contributed by atoms with Crippen molar-refractivity contribution in [3.63, 3.8) is 0 Å². The highest BCUT2D eigenvalue weighted by Gasteiger charge is 2.21. The van der Waals surface area contributed by atoms with Gasteiger partial charge < -0.3 is 14.4 Å². The molecule has 1 aromatic carbocycles. The lowest BCUT2D eigenvalue weighted by Crippen LogP contribution is -2.34. The Morgan fingerprint density at radius 2 is 2.14 bits per heavy atom. The van der Waals surface area contributed by atoms with Gasteiger partial charge in [-0.2, -0.15) is 0 Å². The number of benzene rings is 1. The second-order valence-corrected chi connectivity index (χ2v) is 6.86. The third kappa shape index (κ3) is 5.00. The van der Waals surface area contributed by atoms with Crippen LogP contribution in [0.25, 0.3) is 0 Å². The molecule has 1 aliphatic heterocycles. The van der Waals surface area contributed by atoms with Gasteiger partial charge in [-0.3, -0.25) is 4.90 Å². The predicted octanol–water partition coefficient (Wildman–Crippen LogP) is 3.01. The molecule has 0 radical (unpaired) electrons. The number of methoxy groups -OCH3 is 1. The van der Waals surface area contributed by atoms with Gasteiger partial charge in [-0.25, -0.2) is 0 Å². The topological polar surface area (TPSA) is 24.9 Å². The monoisotopic (exact) mass is 346 g/mol. The largest absolute Gasteiger partial charge is 0.495 e. The molecule has 0 spiro atoms. The first kappa shape index (κ1) is 17.8. The highest BCUT2D eigenvalue weighted by molar-refractivity contribution is 6.35. The summed E-state index contributed by atoms with van der Waals surface area (Å²) in [7, 11) is 5.82. The molecule has 0 saturated carbocycles. The number of ether oxygens (including phenoxy) is 2. The van der Waals surface area contributed by atoms with E-state index in [1.165, 1.54) is 0 Å². The maximum absolute atomic E-state index is 6.22. The highest BCUT2D eigenvalue weighted by Crippen LogP contribution is 2.33. The summed E-state index contributed by atoms with van der Waals surface area (Å²) in [5.41, 5.74) is 1.02. The van der Waals surface area contributed by atoms with Crippen molar-refractivity contribution < 1.29 is 9.47 Å². The smallest absolute Gasteiger partial charge is 0.142 e. The second kappa shape index (κ2) is 8.37. The molecule has 0 aliphatic carbocycles. The minimum Gasteiger partial charge on any atom is -0.495 e. The molecule has 1 atom stereocenters. The fourth-order valence-electron chi connectivity index (χ4n) is 2.92. The van der Waals surface area contributed by atoms with Gasteiger partial charge in [0.1, 0.15) is 5.75 Å². The summed E-state index contributed by atoms with van der Waals surface area (Å²) in [4.78, 5) is 4.58. The SMILES string of the molecule is COc1c(Cl)cc(Cl)cc1CN1CCOC[C@@H](CN(C)C)C1. The fourth-order valence-corrected chi connectivity index (χ4v) is 3.54. The number of hydrogen-bond donors (Lipinski definition) is 0. The van der Waals surface area contributed by atoms with Crippen LogP contribution in [0, 0.1) is 5.92 Å². The molecular formula is C16H24Cl2N2O2. The van der Waals surface area contributed by atoms with Crippen LogP contribution in [-0.2, 0) is 11.3 Å². The van der Waals surface area contributed by atoms with Crippen LogP contribution in [0.5, 0.6) is 5.75 Å². The Morgan fingerprint density at radius 1 is 1.36 bits per heavy atom. The van der Waals surface area contributed by atoms with Crippen molar-refractivity contribution in [3.05, 3.63) is 27.7 Å². The lowest BCUT2D eigenvalue weighted by Gasteiger charge is -2.26. The van der Waals surface area contributed by atoms with E-state index in [-0.39, 0.29) is 0 Å². The van der Waals surface area contributed by atoms with Gasteiger partial charge in [-0.15, -0.1) is 0 Å². The number of nitrogens with zero attached hydrogens (tertiary/aromatic N) is 2. The summed E-state index contributed by atoms with van der Waals surface area (Å²) in [5.74, 6) is 1.21. The van der Waals surface area contributed by atoms with E-state index in [9.17, 15) is 0 Å². The van der Waals surface area contributed by atoms with Crippen LogP contribution in [0.3, 0.4) is 0 Å². The van der Waals surface area contributed by atoms with Crippen molar-refractivity contribution in [1.29, 1.82) is 0 Å². The molecule has 124 valence electrons. The van der Waals surface area contributed by atoms with E-state index in [0.29, 0.717) is 21.7 Å². The molecule has 0 bridgehead atoms. The van der Waals surface area contributed by atoms with E-state index in [1.807, 2.05) is 6.07 Å². The van der Waals surface area contributed by atoms with Crippen LogP contribution in [0.2, 0.25) is 10.0 Å². The summed E-state index contributed by atoms with van der Waals surface area (Å²) in [6, 6.07) is 3.64. The van der Waals surface area contributed by atoms with Crippen molar-refractivity contribution >= 4 is 23.2 Å². The first-order valence-electron chi connectivity index (χ1n) is 7.46. The minimum atomic E-state index is 0.498. The maximum Gasteiger partial charge on any atom is 0.142 e. The van der Waals surface area contributed by atoms with Crippen LogP contribution in [0.15, 0.2) is 12.1 Å². The number of rotatable bonds is 5. The van der Waals surface area contributed by atoms with E-state index >= 15 is 0 Å². The van der Waals surface area contributed by atoms with Crippen LogP contribution >= 0.6 is 23.2 Å². The van der Waals surface area contributed by atoms with Crippen molar-refractivity contribution in [3.8, 4) is 5.75 Å². The Bertz CT molecular complexity index is 497. The molecule has 1 aliphatic rings. The summed E-state index contributed by atoms with van der Waals surface area (Å²) in [6.07, 6.45) is 0. The number of halogens is 2. The van der Waals surface area contributed by atoms with Crippen molar-refractivity contribution in [1.82, 2.24) is 9.80 Å². The molecule has 1 fully saturated rings. The van der Waals surface area contributed by atoms with Gasteiger partial charge in [-0.05, 0) is 26.2 Å². The molecule has 1 heterocycles. The first-order valence-corrected chi connectivity index (χ1v) is 8.22. The van der Waals surface area contributed by atoms with Gasteiger partial charge >= 0.3 is 0 Å². The Morgan fingerprint density at radius 3 is 2.82 bits per heavy atom. The summed E-state index contributed by atoms with van der Waals surface area (Å²) in [6.45, 7) is 5.23. The van der Waals surface area contributed by atoms with Crippen LogP contribution in [0.1, 0.15) is 5.56 Å². The first-order chi connectivity index (χ1) is 10.5. The third-order valence-electron chi connectivity index (χ3n) is 3.73. The van der Waals surface area contributed by atoms with Gasteiger partial charge in [0.2, 0.25) is 0 Å². The van der Waals surface area contributed by atoms with E-state index in [0.717, 1.165) is 45.0 Å². The molecule has 6 heteroatoms. The average molecular weight is 347 g/mol. The van der Waals surface area contributed by atoms with Gasteiger partial charge in [-0.1, -0.05) is 23.2 Å². The predicted molar refractivity (Wildman–Crippen MR) is 91.2 cm³/mol. The lowest BCUT2D eigenvalue weighted by atomic mass is 10.1. The third-order valence-corrected chi connectivity index (χ3v) is 4.23. The van der Waals surface area contributed by atoms with Gasteiger partial charge in [0, 0.05) is 42.7 Å². The van der Waals surface area contributed by atoms with E-state index in [1.54, 1.807) is 13.2 Å². The van der Waals surface area contributed by atoms with Crippen molar-refractivity contribution in [2.24, 2.45) is 5.92 Å². The molecule has 22 heavy (non-hydrogen) atoms. The molecule has 0 N–H and O–H groups in total. The highest BCUT2D eigenvalue weighted by atomic mass is 35.5. The van der Waals surface area contributed by atoms with E-state index < -0.39 is 0 Å². The summed E-state index contributed by atoms with van der Waals surface area (Å²) in [5, 5.41) is 1.19. The number of hydrogen-bond acceptors (Lipinski definition) is 4. The second-order valence-electron chi connectivity index (χ2n) is 6.02. The standard InChI is InChI=1S/C16H24Cl2N2O2/c1-19(2)8-12-9-20(4-5-22-11-12)10-13-6-14(17)7-15(18)16(13)21-3/h6-7,12H,4-5,8-11H2,1-3H3/t12-/m0/s1. The maximum atomic E-state index is 6.22. The van der Waals surface area contributed by atoms with E-state index in [2.05, 4.69) is 23.9 Å². The molecule has 0 amide bonds. The van der Waals surface area contributed by atoms with Crippen molar-refractivity contribution in [2.45, 2.75) is 6.54 Å².